The minimum atomic E-state index is -1.99. The first-order chi connectivity index (χ1) is 30.6. The summed E-state index contributed by atoms with van der Waals surface area (Å²) in [6, 6.07) is 58.1. The van der Waals surface area contributed by atoms with Crippen LogP contribution in [0, 0.1) is 31.5 Å². The van der Waals surface area contributed by atoms with E-state index in [0.717, 1.165) is 84.5 Å². The van der Waals surface area contributed by atoms with Gasteiger partial charge in [0.1, 0.15) is 5.69 Å². The summed E-state index contributed by atoms with van der Waals surface area (Å²) in [4.78, 5) is 18.0. The number of para-hydroxylation sites is 2. The number of imidazole rings is 1. The van der Waals surface area contributed by atoms with Crippen LogP contribution in [0.2, 0.25) is 17.3 Å². The summed E-state index contributed by atoms with van der Waals surface area (Å²) < 4.78 is 9.85. The minimum absolute atomic E-state index is 0. The fourth-order valence-corrected chi connectivity index (χ4v) is 11.7. The largest absolute Gasteiger partial charge is 0.333 e. The van der Waals surface area contributed by atoms with Crippen molar-refractivity contribution in [2.24, 2.45) is 5.92 Å². The molecule has 0 bridgehead atoms. The standard InChI is InChI=1S/C32H20N3.C24H27GeN2O.Ir/c1-33-27-16-10-15-26(21-27)32-34-29-17-8-9-18-31(29)35(32)30-20-19-25(23-11-4-2-5-12-23)22-28(30)24-13-6-3-7-14-24;1-15(2)12-17-13-22(26-14-21(17)25(4,5)6)20-9-7-8-18-19-11-10-16(3)27-24(19)28-23(18)20;/h2-14,16-22H;7-8,10-11,13-15H,12H2,1-6H3;/q2*-1;. The van der Waals surface area contributed by atoms with E-state index in [1.165, 1.54) is 15.5 Å². The fraction of sp³-hybridized carbons (Fsp3) is 0.143. The van der Waals surface area contributed by atoms with Crippen LogP contribution in [0.5, 0.6) is 0 Å². The third kappa shape index (κ3) is 9.00. The molecule has 0 amide bonds. The van der Waals surface area contributed by atoms with Crippen molar-refractivity contribution in [2.45, 2.75) is 44.5 Å². The normalized spacial score (nSPS) is 11.3. The van der Waals surface area contributed by atoms with E-state index in [4.69, 9.17) is 21.0 Å². The van der Waals surface area contributed by atoms with Crippen molar-refractivity contribution in [1.29, 1.82) is 0 Å². The van der Waals surface area contributed by atoms with Gasteiger partial charge in [0.05, 0.1) is 23.4 Å². The Balaban J connectivity index is 0.000000177. The molecule has 0 unspecified atom stereocenters. The van der Waals surface area contributed by atoms with Gasteiger partial charge in [-0.1, -0.05) is 78.9 Å². The molecular weight excluding hydrogens is 1020 g/mol. The summed E-state index contributed by atoms with van der Waals surface area (Å²) >= 11 is -1.99. The molecule has 317 valence electrons. The molecule has 0 saturated carbocycles. The van der Waals surface area contributed by atoms with Gasteiger partial charge in [0.15, 0.2) is 0 Å². The molecule has 0 N–H and O–H groups in total. The Labute approximate surface area is 391 Å². The molecular formula is C56H47GeIrN5O-2. The first kappa shape index (κ1) is 44.2. The quantitative estimate of drug-likeness (QED) is 0.112. The molecule has 1 radical (unpaired) electrons. The number of hydrogen-bond acceptors (Lipinski definition) is 4. The van der Waals surface area contributed by atoms with Crippen LogP contribution in [0.3, 0.4) is 0 Å². The van der Waals surface area contributed by atoms with Crippen molar-refractivity contribution in [3.8, 4) is 50.6 Å². The number of hydrogen-bond donors (Lipinski definition) is 0. The predicted octanol–water partition coefficient (Wildman–Crippen LogP) is 14.3. The molecule has 6 aromatic carbocycles. The van der Waals surface area contributed by atoms with E-state index in [1.54, 1.807) is 12.1 Å². The molecule has 10 aromatic rings. The van der Waals surface area contributed by atoms with Crippen molar-refractivity contribution >= 4 is 56.5 Å². The Hall–Kier alpha value is -6.43. The predicted molar refractivity (Wildman–Crippen MR) is 262 cm³/mol. The zero-order valence-electron chi connectivity index (χ0n) is 36.8. The van der Waals surface area contributed by atoms with Crippen LogP contribution < -0.4 is 4.40 Å². The number of pyridine rings is 2. The van der Waals surface area contributed by atoms with Crippen LogP contribution in [-0.4, -0.2) is 32.8 Å². The van der Waals surface area contributed by atoms with E-state index in [1.807, 2.05) is 55.5 Å². The smallest absolute Gasteiger partial charge is 0.109 e. The van der Waals surface area contributed by atoms with Gasteiger partial charge in [-0.2, -0.15) is 6.07 Å². The first-order valence-corrected chi connectivity index (χ1v) is 28.7. The number of nitrogens with zero attached hydrogens (tertiary/aromatic N) is 5. The number of rotatable bonds is 8. The molecule has 0 aliphatic carbocycles. The SMILES string of the molecule is Cc1ccc2c(n1)oc1c(-c3cc(CC(C)C)[c]([Ge]([CH3])([CH3])[CH3])cn3)[c-]ccc12.[C-]#[N+]c1cc[c-]c(-c2nc3ccccc3n2-c2ccc(-c3ccccc3)cc2-c2ccccc2)c1.[Ir]. The number of aryl methyl sites for hydroxylation is 1. The van der Waals surface area contributed by atoms with Crippen LogP contribution in [0.25, 0.3) is 88.5 Å². The van der Waals surface area contributed by atoms with E-state index in [2.05, 4.69) is 155 Å². The second-order valence-corrected chi connectivity index (χ2v) is 27.9. The van der Waals surface area contributed by atoms with Crippen LogP contribution >= 0.6 is 0 Å². The maximum Gasteiger partial charge on any atom is 0.109 e. The molecule has 0 aliphatic rings. The van der Waals surface area contributed by atoms with Gasteiger partial charge in [-0.15, -0.1) is 23.8 Å². The molecule has 64 heavy (non-hydrogen) atoms. The average molecular weight is 1070 g/mol. The molecule has 0 atom stereocenters. The van der Waals surface area contributed by atoms with Crippen molar-refractivity contribution in [2.75, 3.05) is 0 Å². The van der Waals surface area contributed by atoms with Gasteiger partial charge in [0.2, 0.25) is 0 Å². The summed E-state index contributed by atoms with van der Waals surface area (Å²) in [5, 5.41) is 2.11. The van der Waals surface area contributed by atoms with Gasteiger partial charge in [0, 0.05) is 31.4 Å². The van der Waals surface area contributed by atoms with Gasteiger partial charge >= 0.3 is 170 Å². The van der Waals surface area contributed by atoms with Gasteiger partial charge in [-0.3, -0.25) is 9.83 Å². The monoisotopic (exact) mass is 1070 g/mol. The number of fused-ring (bicyclic) bond motifs is 4. The van der Waals surface area contributed by atoms with Crippen LogP contribution in [-0.2, 0) is 26.5 Å². The van der Waals surface area contributed by atoms with Gasteiger partial charge in [-0.05, 0) is 41.0 Å². The summed E-state index contributed by atoms with van der Waals surface area (Å²) in [6.07, 6.45) is 3.19. The van der Waals surface area contributed by atoms with Crippen LogP contribution in [0.4, 0.5) is 5.69 Å². The number of benzene rings is 6. The summed E-state index contributed by atoms with van der Waals surface area (Å²) in [5.41, 5.74) is 14.6. The third-order valence-electron chi connectivity index (χ3n) is 11.3. The topological polar surface area (TPSA) is 61.1 Å². The molecule has 0 saturated heterocycles. The summed E-state index contributed by atoms with van der Waals surface area (Å²) in [6.45, 7) is 14.0. The van der Waals surface area contributed by atoms with Gasteiger partial charge in [0.25, 0.3) is 0 Å². The Morgan fingerprint density at radius 3 is 2.19 bits per heavy atom. The van der Waals surface area contributed by atoms with E-state index < -0.39 is 13.3 Å². The average Bonchev–Trinajstić information content (AvgIpc) is 3.87. The third-order valence-corrected chi connectivity index (χ3v) is 15.6. The Morgan fingerprint density at radius 2 is 1.45 bits per heavy atom. The molecule has 10 rings (SSSR count). The summed E-state index contributed by atoms with van der Waals surface area (Å²) in [7, 11) is 0. The second kappa shape index (κ2) is 18.7. The zero-order chi connectivity index (χ0) is 43.7. The molecule has 0 spiro atoms. The van der Waals surface area contributed by atoms with E-state index in [0.29, 0.717) is 17.3 Å². The number of furan rings is 1. The second-order valence-electron chi connectivity index (χ2n) is 17.4. The molecule has 0 aliphatic heterocycles. The Bertz CT molecular complexity index is 3310. The van der Waals surface area contributed by atoms with Crippen molar-refractivity contribution < 1.29 is 24.5 Å². The first-order valence-electron chi connectivity index (χ1n) is 21.4. The maximum atomic E-state index is 7.46. The summed E-state index contributed by atoms with van der Waals surface area (Å²) in [5.74, 6) is 8.67. The van der Waals surface area contributed by atoms with Crippen molar-refractivity contribution in [3.05, 3.63) is 193 Å². The zero-order valence-corrected chi connectivity index (χ0v) is 41.3. The molecule has 8 heteroatoms. The molecule has 6 nitrogen and oxygen atoms in total. The van der Waals surface area contributed by atoms with E-state index in [9.17, 15) is 0 Å². The van der Waals surface area contributed by atoms with Gasteiger partial charge in [-0.25, -0.2) is 0 Å². The molecule has 0 fully saturated rings. The van der Waals surface area contributed by atoms with E-state index >= 15 is 0 Å². The minimum Gasteiger partial charge on any atom is -0.333 e. The Morgan fingerprint density at radius 1 is 0.734 bits per heavy atom. The van der Waals surface area contributed by atoms with E-state index in [-0.39, 0.29) is 20.1 Å². The van der Waals surface area contributed by atoms with Gasteiger partial charge < -0.3 is 4.57 Å². The van der Waals surface area contributed by atoms with Crippen molar-refractivity contribution in [3.63, 3.8) is 0 Å². The van der Waals surface area contributed by atoms with Crippen LogP contribution in [0.1, 0.15) is 25.1 Å². The maximum absolute atomic E-state index is 7.46. The Kier molecular flexibility index (Phi) is 12.9. The van der Waals surface area contributed by atoms with Crippen molar-refractivity contribution in [1.82, 2.24) is 19.5 Å². The number of aromatic nitrogens is 4. The molecule has 4 aromatic heterocycles. The van der Waals surface area contributed by atoms with Crippen LogP contribution in [0.15, 0.2) is 162 Å². The molecule has 4 heterocycles. The fourth-order valence-electron chi connectivity index (χ4n) is 8.32.